The van der Waals surface area contributed by atoms with Gasteiger partial charge in [0.2, 0.25) is 5.91 Å². The quantitative estimate of drug-likeness (QED) is 0.746. The van der Waals surface area contributed by atoms with Gasteiger partial charge in [0.25, 0.3) is 0 Å². The Morgan fingerprint density at radius 1 is 1.25 bits per heavy atom. The van der Waals surface area contributed by atoms with Gasteiger partial charge in [-0.05, 0) is 75.9 Å². The molecule has 168 valence electrons. The van der Waals surface area contributed by atoms with E-state index < -0.39 is 0 Å². The molecule has 2 aliphatic rings. The third-order valence-corrected chi connectivity index (χ3v) is 6.70. The first-order valence-electron chi connectivity index (χ1n) is 11.4. The molecule has 0 saturated carbocycles. The fraction of sp³-hybridized carbons (Fsp3) is 0.462. The van der Waals surface area contributed by atoms with Gasteiger partial charge in [-0.1, -0.05) is 12.1 Å². The number of nitriles is 1. The molecule has 2 aromatic carbocycles. The topological polar surface area (TPSA) is 76.8 Å². The zero-order chi connectivity index (χ0) is 22.9. The summed E-state index contributed by atoms with van der Waals surface area (Å²) in [5.41, 5.74) is 2.32. The smallest absolute Gasteiger partial charge is 0.227 e. The van der Waals surface area contributed by atoms with E-state index in [9.17, 15) is 15.2 Å². The van der Waals surface area contributed by atoms with Crippen LogP contribution in [0.1, 0.15) is 57.6 Å². The second kappa shape index (κ2) is 8.84. The Morgan fingerprint density at radius 2 is 2.06 bits per heavy atom. The molecule has 2 aromatic rings. The lowest BCUT2D eigenvalue weighted by molar-refractivity contribution is -0.117. The lowest BCUT2D eigenvalue weighted by atomic mass is 9.81. The molecule has 0 aromatic heterocycles. The standard InChI is InChI=1S/C26H31N3O3/c1-18(2)32-24-14-21(7-8-23(24)30)17-28-12-11-26(15-19(28)3)10-9-25(31)29(26)22-6-4-5-20(13-22)16-27/h4-8,13-14,18-19,30H,9-12,15,17H2,1-3H3/t19-,26+/m0/s1. The van der Waals surface area contributed by atoms with Gasteiger partial charge >= 0.3 is 0 Å². The second-order valence-electron chi connectivity index (χ2n) is 9.36. The molecule has 6 heteroatoms. The molecule has 1 N–H and O–H groups in total. The highest BCUT2D eigenvalue weighted by atomic mass is 16.5. The number of nitrogens with zero attached hydrogens (tertiary/aromatic N) is 3. The van der Waals surface area contributed by atoms with Crippen LogP contribution in [0.25, 0.3) is 0 Å². The van der Waals surface area contributed by atoms with E-state index in [2.05, 4.69) is 17.9 Å². The molecular formula is C26H31N3O3. The first-order valence-corrected chi connectivity index (χ1v) is 11.4. The molecule has 0 radical (unpaired) electrons. The number of ether oxygens (including phenoxy) is 1. The lowest BCUT2D eigenvalue weighted by Crippen LogP contribution is -2.56. The van der Waals surface area contributed by atoms with Crippen molar-refractivity contribution in [1.82, 2.24) is 4.90 Å². The van der Waals surface area contributed by atoms with Gasteiger partial charge < -0.3 is 14.7 Å². The Balaban J connectivity index is 1.51. The first-order chi connectivity index (χ1) is 15.3. The Bertz CT molecular complexity index is 1040. The second-order valence-corrected chi connectivity index (χ2v) is 9.36. The van der Waals surface area contributed by atoms with Gasteiger partial charge in [-0.3, -0.25) is 9.69 Å². The summed E-state index contributed by atoms with van der Waals surface area (Å²) in [6.07, 6.45) is 3.19. The van der Waals surface area contributed by atoms with Crippen molar-refractivity contribution in [3.05, 3.63) is 53.6 Å². The van der Waals surface area contributed by atoms with Crippen LogP contribution in [0.5, 0.6) is 11.5 Å². The van der Waals surface area contributed by atoms with Crippen molar-refractivity contribution >= 4 is 11.6 Å². The monoisotopic (exact) mass is 433 g/mol. The van der Waals surface area contributed by atoms with Crippen LogP contribution >= 0.6 is 0 Å². The summed E-state index contributed by atoms with van der Waals surface area (Å²) in [7, 11) is 0. The number of carbonyl (C=O) groups is 1. The van der Waals surface area contributed by atoms with Crippen molar-refractivity contribution in [2.24, 2.45) is 0 Å². The third-order valence-electron chi connectivity index (χ3n) is 6.70. The average Bonchev–Trinajstić information content (AvgIpc) is 3.07. The summed E-state index contributed by atoms with van der Waals surface area (Å²) >= 11 is 0. The molecule has 2 aliphatic heterocycles. The number of carbonyl (C=O) groups excluding carboxylic acids is 1. The van der Waals surface area contributed by atoms with Crippen molar-refractivity contribution in [2.45, 2.75) is 70.7 Å². The number of benzene rings is 2. The molecule has 2 atom stereocenters. The molecule has 1 amide bonds. The summed E-state index contributed by atoms with van der Waals surface area (Å²) in [6, 6.07) is 15.4. The van der Waals surface area contributed by atoms with Gasteiger partial charge in [-0.15, -0.1) is 0 Å². The number of anilines is 1. The highest BCUT2D eigenvalue weighted by molar-refractivity contribution is 5.97. The molecule has 0 bridgehead atoms. The zero-order valence-electron chi connectivity index (χ0n) is 19.0. The molecule has 2 heterocycles. The van der Waals surface area contributed by atoms with E-state index in [1.807, 2.05) is 49.1 Å². The highest BCUT2D eigenvalue weighted by Gasteiger charge is 2.49. The number of likely N-dealkylation sites (tertiary alicyclic amines) is 1. The average molecular weight is 434 g/mol. The van der Waals surface area contributed by atoms with Crippen molar-refractivity contribution in [3.8, 4) is 17.6 Å². The van der Waals surface area contributed by atoms with Gasteiger partial charge in [0, 0.05) is 31.2 Å². The largest absolute Gasteiger partial charge is 0.504 e. The number of amides is 1. The first kappa shape index (κ1) is 22.2. The van der Waals surface area contributed by atoms with E-state index in [4.69, 9.17) is 4.74 Å². The fourth-order valence-corrected chi connectivity index (χ4v) is 5.22. The highest BCUT2D eigenvalue weighted by Crippen LogP contribution is 2.44. The van der Waals surface area contributed by atoms with Crippen LogP contribution in [0.4, 0.5) is 5.69 Å². The molecule has 6 nitrogen and oxygen atoms in total. The van der Waals surface area contributed by atoms with E-state index in [0.29, 0.717) is 23.8 Å². The van der Waals surface area contributed by atoms with Gasteiger partial charge in [0.15, 0.2) is 11.5 Å². The summed E-state index contributed by atoms with van der Waals surface area (Å²) in [5.74, 6) is 0.825. The number of phenols is 1. The molecule has 2 saturated heterocycles. The summed E-state index contributed by atoms with van der Waals surface area (Å²) in [6.45, 7) is 7.76. The maximum absolute atomic E-state index is 12.9. The number of piperidine rings is 1. The van der Waals surface area contributed by atoms with E-state index in [0.717, 1.165) is 43.6 Å². The minimum Gasteiger partial charge on any atom is -0.504 e. The van der Waals surface area contributed by atoms with Gasteiger partial charge in [-0.25, -0.2) is 0 Å². The molecular weight excluding hydrogens is 402 g/mol. The van der Waals surface area contributed by atoms with Gasteiger partial charge in [-0.2, -0.15) is 5.26 Å². The Kier molecular flexibility index (Phi) is 6.12. The number of hydrogen-bond acceptors (Lipinski definition) is 5. The number of aromatic hydroxyl groups is 1. The van der Waals surface area contributed by atoms with Crippen LogP contribution in [-0.2, 0) is 11.3 Å². The minimum atomic E-state index is -0.193. The van der Waals surface area contributed by atoms with Crippen LogP contribution < -0.4 is 9.64 Å². The van der Waals surface area contributed by atoms with Crippen molar-refractivity contribution in [3.63, 3.8) is 0 Å². The van der Waals surface area contributed by atoms with Gasteiger partial charge in [0.05, 0.1) is 23.3 Å². The van der Waals surface area contributed by atoms with Crippen LogP contribution in [0.3, 0.4) is 0 Å². The molecule has 1 spiro atoms. The maximum Gasteiger partial charge on any atom is 0.227 e. The molecule has 4 rings (SSSR count). The summed E-state index contributed by atoms with van der Waals surface area (Å²) in [4.78, 5) is 17.3. The van der Waals surface area contributed by atoms with Crippen molar-refractivity contribution in [1.29, 1.82) is 5.26 Å². The maximum atomic E-state index is 12.9. The van der Waals surface area contributed by atoms with Crippen LogP contribution in [0.15, 0.2) is 42.5 Å². The number of hydrogen-bond donors (Lipinski definition) is 1. The normalized spacial score (nSPS) is 23.7. The third kappa shape index (κ3) is 4.31. The summed E-state index contributed by atoms with van der Waals surface area (Å²) < 4.78 is 5.74. The zero-order valence-corrected chi connectivity index (χ0v) is 19.0. The van der Waals surface area contributed by atoms with Crippen molar-refractivity contribution in [2.75, 3.05) is 11.4 Å². The van der Waals surface area contributed by atoms with Gasteiger partial charge in [0.1, 0.15) is 0 Å². The lowest BCUT2D eigenvalue weighted by Gasteiger charge is -2.48. The predicted octanol–water partition coefficient (Wildman–Crippen LogP) is 4.60. The number of phenolic OH excluding ortho intramolecular Hbond substituents is 1. The summed E-state index contributed by atoms with van der Waals surface area (Å²) in [5, 5.41) is 19.4. The SMILES string of the molecule is CC(C)Oc1cc(CN2CC[C@]3(CCC(=O)N3c3cccc(C#N)c3)C[C@@H]2C)ccc1O. The predicted molar refractivity (Wildman–Crippen MR) is 124 cm³/mol. The Labute approximate surface area is 190 Å². The van der Waals surface area contributed by atoms with Crippen LogP contribution in [0.2, 0.25) is 0 Å². The Morgan fingerprint density at radius 3 is 2.78 bits per heavy atom. The molecule has 0 aliphatic carbocycles. The fourth-order valence-electron chi connectivity index (χ4n) is 5.22. The van der Waals surface area contributed by atoms with Crippen molar-refractivity contribution < 1.29 is 14.6 Å². The molecule has 0 unspecified atom stereocenters. The molecule has 32 heavy (non-hydrogen) atoms. The van der Waals surface area contributed by atoms with E-state index >= 15 is 0 Å². The van der Waals surface area contributed by atoms with Crippen LogP contribution in [0, 0.1) is 11.3 Å². The Hall–Kier alpha value is -3.04. The minimum absolute atomic E-state index is 0.00431. The van der Waals surface area contributed by atoms with E-state index in [1.54, 1.807) is 12.1 Å². The van der Waals surface area contributed by atoms with E-state index in [1.165, 1.54) is 0 Å². The number of rotatable bonds is 5. The molecule has 2 fully saturated rings. The van der Waals surface area contributed by atoms with E-state index in [-0.39, 0.29) is 23.3 Å². The van der Waals surface area contributed by atoms with Crippen LogP contribution in [-0.4, -0.2) is 40.1 Å².